The summed E-state index contributed by atoms with van der Waals surface area (Å²) >= 11 is 13.3. The second-order valence-corrected chi connectivity index (χ2v) is 9.48. The van der Waals surface area contributed by atoms with E-state index in [-0.39, 0.29) is 28.3 Å². The molecule has 6 nitrogen and oxygen atoms in total. The van der Waals surface area contributed by atoms with Crippen LogP contribution in [0.15, 0.2) is 52.7 Å². The molecule has 10 heteroatoms. The first-order valence-electron chi connectivity index (χ1n) is 10.6. The predicted octanol–water partition coefficient (Wildman–Crippen LogP) is 6.14. The number of amides is 1. The van der Waals surface area contributed by atoms with Crippen molar-refractivity contribution in [3.63, 3.8) is 0 Å². The third kappa shape index (κ3) is 5.93. The molecule has 1 saturated carbocycles. The first kappa shape index (κ1) is 23.7. The average molecular weight is 506 g/mol. The minimum Gasteiger partial charge on any atom is -0.299 e. The maximum Gasteiger partial charge on any atom is 0.250 e. The van der Waals surface area contributed by atoms with Crippen molar-refractivity contribution >= 4 is 47.1 Å². The maximum atomic E-state index is 13.8. The van der Waals surface area contributed by atoms with E-state index in [4.69, 9.17) is 23.2 Å². The van der Waals surface area contributed by atoms with Gasteiger partial charge in [0.2, 0.25) is 0 Å². The van der Waals surface area contributed by atoms with Crippen molar-refractivity contribution < 1.29 is 9.18 Å². The Bertz CT molecular complexity index is 1130. The quantitative estimate of drug-likeness (QED) is 0.238. The van der Waals surface area contributed by atoms with Gasteiger partial charge in [-0.25, -0.2) is 9.82 Å². The van der Waals surface area contributed by atoms with Crippen molar-refractivity contribution in [3.8, 4) is 11.4 Å². The van der Waals surface area contributed by atoms with Gasteiger partial charge in [-0.15, -0.1) is 10.2 Å². The van der Waals surface area contributed by atoms with Crippen LogP contribution in [0.5, 0.6) is 0 Å². The summed E-state index contributed by atoms with van der Waals surface area (Å²) in [5.41, 5.74) is 3.46. The number of hydrazone groups is 1. The second kappa shape index (κ2) is 11.1. The molecule has 1 heterocycles. The zero-order valence-corrected chi connectivity index (χ0v) is 20.0. The first-order valence-corrected chi connectivity index (χ1v) is 12.4. The number of benzene rings is 2. The second-order valence-electron chi connectivity index (χ2n) is 7.69. The minimum absolute atomic E-state index is 0.0911. The van der Waals surface area contributed by atoms with Crippen molar-refractivity contribution in [2.45, 2.75) is 43.3 Å². The zero-order valence-electron chi connectivity index (χ0n) is 17.7. The highest BCUT2D eigenvalue weighted by molar-refractivity contribution is 7.99. The van der Waals surface area contributed by atoms with Crippen LogP contribution in [0.1, 0.15) is 43.7 Å². The Kier molecular flexibility index (Phi) is 8.01. The van der Waals surface area contributed by atoms with Gasteiger partial charge in [0.1, 0.15) is 5.82 Å². The number of carbonyl (C=O) groups is 1. The highest BCUT2D eigenvalue weighted by Crippen LogP contribution is 2.35. The molecule has 172 valence electrons. The number of nitrogens with one attached hydrogen (secondary N) is 1. The van der Waals surface area contributed by atoms with E-state index in [9.17, 15) is 9.18 Å². The van der Waals surface area contributed by atoms with Crippen LogP contribution in [0.3, 0.4) is 0 Å². The Balaban J connectivity index is 1.46. The number of aromatic nitrogens is 3. The van der Waals surface area contributed by atoms with E-state index >= 15 is 0 Å². The van der Waals surface area contributed by atoms with Crippen molar-refractivity contribution in [2.24, 2.45) is 5.10 Å². The lowest BCUT2D eigenvalue weighted by atomic mass is 9.95. The van der Waals surface area contributed by atoms with Crippen LogP contribution in [0.25, 0.3) is 11.4 Å². The van der Waals surface area contributed by atoms with Crippen molar-refractivity contribution in [2.75, 3.05) is 5.75 Å². The number of halogens is 3. The molecule has 1 N–H and O–H groups in total. The molecule has 1 aromatic heterocycles. The van der Waals surface area contributed by atoms with Gasteiger partial charge in [-0.2, -0.15) is 5.10 Å². The molecule has 0 radical (unpaired) electrons. The first-order chi connectivity index (χ1) is 16.0. The van der Waals surface area contributed by atoms with Crippen molar-refractivity contribution in [3.05, 3.63) is 63.9 Å². The normalized spacial score (nSPS) is 14.6. The van der Waals surface area contributed by atoms with Gasteiger partial charge in [0.15, 0.2) is 11.0 Å². The molecule has 0 spiro atoms. The average Bonchev–Trinajstić information content (AvgIpc) is 3.24. The van der Waals surface area contributed by atoms with Crippen LogP contribution in [-0.2, 0) is 4.79 Å². The fourth-order valence-electron chi connectivity index (χ4n) is 3.80. The van der Waals surface area contributed by atoms with Gasteiger partial charge in [0.25, 0.3) is 5.91 Å². The minimum atomic E-state index is -0.509. The van der Waals surface area contributed by atoms with Crippen LogP contribution >= 0.6 is 35.0 Å². The van der Waals surface area contributed by atoms with Crippen LogP contribution in [-0.4, -0.2) is 32.6 Å². The van der Waals surface area contributed by atoms with E-state index in [2.05, 4.69) is 25.3 Å². The highest BCUT2D eigenvalue weighted by atomic mass is 35.5. The Labute approximate surface area is 205 Å². The van der Waals surface area contributed by atoms with Crippen LogP contribution in [0.4, 0.5) is 4.39 Å². The Morgan fingerprint density at radius 2 is 1.91 bits per heavy atom. The summed E-state index contributed by atoms with van der Waals surface area (Å²) in [7, 11) is 0. The molecule has 1 aliphatic carbocycles. The molecular formula is C23H22Cl2FN5OS. The standard InChI is InChI=1S/C23H22Cl2FN5OS/c24-16-11-9-15(10-12-16)22-29-30-23(31(22)17-5-2-1-3-6-17)33-14-21(32)28-27-13-18-19(25)7-4-8-20(18)26/h4,7-13,17H,1-3,5-6,14H2,(H,28,32)/b27-13-. The monoisotopic (exact) mass is 505 g/mol. The molecule has 1 aliphatic rings. The van der Waals surface area contributed by atoms with E-state index in [1.807, 2.05) is 24.3 Å². The lowest BCUT2D eigenvalue weighted by Gasteiger charge is -2.25. The van der Waals surface area contributed by atoms with Crippen molar-refractivity contribution in [1.82, 2.24) is 20.2 Å². The van der Waals surface area contributed by atoms with Gasteiger partial charge in [-0.3, -0.25) is 9.36 Å². The lowest BCUT2D eigenvalue weighted by Crippen LogP contribution is -2.21. The molecule has 0 saturated heterocycles. The highest BCUT2D eigenvalue weighted by Gasteiger charge is 2.24. The molecule has 2 aromatic carbocycles. The largest absolute Gasteiger partial charge is 0.299 e. The number of nitrogens with zero attached hydrogens (tertiary/aromatic N) is 4. The summed E-state index contributed by atoms with van der Waals surface area (Å²) in [5, 5.41) is 14.2. The molecule has 1 fully saturated rings. The van der Waals surface area contributed by atoms with Gasteiger partial charge in [0, 0.05) is 22.2 Å². The summed E-state index contributed by atoms with van der Waals surface area (Å²) in [6.07, 6.45) is 6.83. The topological polar surface area (TPSA) is 72.2 Å². The summed E-state index contributed by atoms with van der Waals surface area (Å²) in [4.78, 5) is 12.3. The van der Waals surface area contributed by atoms with Gasteiger partial charge in [0.05, 0.1) is 17.0 Å². The molecule has 0 atom stereocenters. The van der Waals surface area contributed by atoms with Gasteiger partial charge in [-0.05, 0) is 49.2 Å². The molecular weight excluding hydrogens is 484 g/mol. The van der Waals surface area contributed by atoms with Gasteiger partial charge >= 0.3 is 0 Å². The van der Waals surface area contributed by atoms with E-state index < -0.39 is 5.82 Å². The van der Waals surface area contributed by atoms with Crippen LogP contribution in [0.2, 0.25) is 10.0 Å². The van der Waals surface area contributed by atoms with E-state index in [1.165, 1.54) is 36.5 Å². The maximum absolute atomic E-state index is 13.8. The Morgan fingerprint density at radius 3 is 2.64 bits per heavy atom. The fourth-order valence-corrected chi connectivity index (χ4v) is 4.94. The molecule has 33 heavy (non-hydrogen) atoms. The number of carbonyl (C=O) groups excluding carboxylic acids is 1. The third-order valence-corrected chi connectivity index (χ3v) is 6.95. The number of hydrogen-bond acceptors (Lipinski definition) is 5. The molecule has 4 rings (SSSR count). The molecule has 1 amide bonds. The van der Waals surface area contributed by atoms with Crippen LogP contribution < -0.4 is 5.43 Å². The van der Waals surface area contributed by atoms with Gasteiger partial charge < -0.3 is 0 Å². The van der Waals surface area contributed by atoms with E-state index in [0.717, 1.165) is 37.1 Å². The van der Waals surface area contributed by atoms with E-state index in [1.54, 1.807) is 6.07 Å². The fraction of sp³-hybridized carbons (Fsp3) is 0.304. The molecule has 0 aliphatic heterocycles. The number of hydrogen-bond donors (Lipinski definition) is 1. The van der Waals surface area contributed by atoms with Crippen LogP contribution in [0, 0.1) is 5.82 Å². The predicted molar refractivity (Wildman–Crippen MR) is 130 cm³/mol. The summed E-state index contributed by atoms with van der Waals surface area (Å²) in [6, 6.07) is 12.1. The summed E-state index contributed by atoms with van der Waals surface area (Å²) in [6.45, 7) is 0. The molecule has 0 unspecified atom stereocenters. The Hall–Kier alpha value is -2.42. The SMILES string of the molecule is O=C(CSc1nnc(-c2ccc(Cl)cc2)n1C1CCCCC1)N/N=C\c1c(F)cccc1Cl. The smallest absolute Gasteiger partial charge is 0.250 e. The zero-order chi connectivity index (χ0) is 23.2. The summed E-state index contributed by atoms with van der Waals surface area (Å²) < 4.78 is 16.0. The third-order valence-electron chi connectivity index (χ3n) is 5.42. The lowest BCUT2D eigenvalue weighted by molar-refractivity contribution is -0.118. The Morgan fingerprint density at radius 1 is 1.15 bits per heavy atom. The van der Waals surface area contributed by atoms with E-state index in [0.29, 0.717) is 10.2 Å². The number of thioether (sulfide) groups is 1. The number of rotatable bonds is 7. The molecule has 0 bridgehead atoms. The summed E-state index contributed by atoms with van der Waals surface area (Å²) in [5.74, 6) is 0.0159. The van der Waals surface area contributed by atoms with Crippen molar-refractivity contribution in [1.29, 1.82) is 0 Å². The van der Waals surface area contributed by atoms with Gasteiger partial charge in [-0.1, -0.05) is 60.3 Å². The molecule has 3 aromatic rings.